The predicted octanol–water partition coefficient (Wildman–Crippen LogP) is 2.72. The van der Waals surface area contributed by atoms with Crippen molar-refractivity contribution < 1.29 is 32.3 Å². The molecule has 0 aliphatic carbocycles. The molecule has 10 heteroatoms. The van der Waals surface area contributed by atoms with E-state index in [1.54, 1.807) is 18.2 Å². The third kappa shape index (κ3) is 5.40. The van der Waals surface area contributed by atoms with Gasteiger partial charge in [0.1, 0.15) is 5.75 Å². The molecule has 1 saturated heterocycles. The highest BCUT2D eigenvalue weighted by Gasteiger charge is 2.32. The first kappa shape index (κ1) is 24.4. The molecule has 1 aliphatic heterocycles. The minimum atomic E-state index is -3.78. The second-order valence-electron chi connectivity index (χ2n) is 7.65. The van der Waals surface area contributed by atoms with Crippen molar-refractivity contribution in [2.75, 3.05) is 32.6 Å². The van der Waals surface area contributed by atoms with Gasteiger partial charge in [-0.3, -0.25) is 9.59 Å². The lowest BCUT2D eigenvalue weighted by Crippen LogP contribution is -2.41. The average molecular weight is 475 g/mol. The number of amides is 1. The van der Waals surface area contributed by atoms with Crippen LogP contribution in [-0.2, 0) is 19.6 Å². The van der Waals surface area contributed by atoms with Gasteiger partial charge in [0, 0.05) is 24.6 Å². The van der Waals surface area contributed by atoms with Crippen LogP contribution in [0, 0.1) is 5.92 Å². The number of benzene rings is 2. The Kier molecular flexibility index (Phi) is 7.50. The van der Waals surface area contributed by atoms with Crippen LogP contribution in [0.25, 0.3) is 0 Å². The number of nitrogens with one attached hydrogen (secondary N) is 1. The SMILES string of the molecule is COC(=O)c1cc(OC)ccc1NC(=O)C1CCN(S(=O)(=O)c2cccc(C(C)=O)c2)CC1. The van der Waals surface area contributed by atoms with E-state index in [0.29, 0.717) is 29.8 Å². The largest absolute Gasteiger partial charge is 0.497 e. The summed E-state index contributed by atoms with van der Waals surface area (Å²) >= 11 is 0. The molecule has 0 radical (unpaired) electrons. The summed E-state index contributed by atoms with van der Waals surface area (Å²) in [5.41, 5.74) is 0.783. The number of piperidine rings is 1. The fourth-order valence-corrected chi connectivity index (χ4v) is 5.17. The monoisotopic (exact) mass is 474 g/mol. The fraction of sp³-hybridized carbons (Fsp3) is 0.348. The maximum atomic E-state index is 13.0. The summed E-state index contributed by atoms with van der Waals surface area (Å²) in [7, 11) is -1.07. The van der Waals surface area contributed by atoms with Crippen molar-refractivity contribution >= 4 is 33.4 Å². The normalized spacial score (nSPS) is 15.0. The summed E-state index contributed by atoms with van der Waals surface area (Å²) < 4.78 is 37.2. The Labute approximate surface area is 192 Å². The number of anilines is 1. The molecule has 2 aromatic rings. The van der Waals surface area contributed by atoms with E-state index in [4.69, 9.17) is 9.47 Å². The molecule has 33 heavy (non-hydrogen) atoms. The van der Waals surface area contributed by atoms with E-state index in [2.05, 4.69) is 5.32 Å². The average Bonchev–Trinajstić information content (AvgIpc) is 2.83. The van der Waals surface area contributed by atoms with Gasteiger partial charge < -0.3 is 14.8 Å². The number of sulfonamides is 1. The van der Waals surface area contributed by atoms with E-state index >= 15 is 0 Å². The van der Waals surface area contributed by atoms with Gasteiger partial charge in [-0.2, -0.15) is 4.31 Å². The first-order valence-electron chi connectivity index (χ1n) is 10.4. The maximum Gasteiger partial charge on any atom is 0.340 e. The number of carbonyl (C=O) groups excluding carboxylic acids is 3. The van der Waals surface area contributed by atoms with E-state index in [-0.39, 0.29) is 35.2 Å². The molecule has 3 rings (SSSR count). The third-order valence-electron chi connectivity index (χ3n) is 5.59. The van der Waals surface area contributed by atoms with Crippen molar-refractivity contribution in [1.82, 2.24) is 4.31 Å². The lowest BCUT2D eigenvalue weighted by Gasteiger charge is -2.30. The first-order chi connectivity index (χ1) is 15.7. The van der Waals surface area contributed by atoms with Gasteiger partial charge in [-0.1, -0.05) is 12.1 Å². The number of hydrogen-bond donors (Lipinski definition) is 1. The van der Waals surface area contributed by atoms with Gasteiger partial charge in [0.05, 0.1) is 30.4 Å². The molecule has 1 heterocycles. The van der Waals surface area contributed by atoms with Gasteiger partial charge in [0.15, 0.2) is 5.78 Å². The number of Topliss-reactive ketones (excluding diaryl/α,β-unsaturated/α-hetero) is 1. The van der Waals surface area contributed by atoms with Crippen LogP contribution in [0.1, 0.15) is 40.5 Å². The molecule has 2 aromatic carbocycles. The molecule has 1 fully saturated rings. The summed E-state index contributed by atoms with van der Waals surface area (Å²) in [6.07, 6.45) is 0.641. The maximum absolute atomic E-state index is 13.0. The Morgan fingerprint density at radius 1 is 1.03 bits per heavy atom. The molecule has 0 bridgehead atoms. The van der Waals surface area contributed by atoms with Gasteiger partial charge in [0.2, 0.25) is 15.9 Å². The number of carbonyl (C=O) groups is 3. The van der Waals surface area contributed by atoms with E-state index in [9.17, 15) is 22.8 Å². The Hall–Kier alpha value is -3.24. The number of rotatable bonds is 7. The summed E-state index contributed by atoms with van der Waals surface area (Å²) in [5, 5.41) is 2.75. The molecule has 0 atom stereocenters. The van der Waals surface area contributed by atoms with Crippen LogP contribution in [0.15, 0.2) is 47.4 Å². The van der Waals surface area contributed by atoms with Crippen molar-refractivity contribution in [3.63, 3.8) is 0 Å². The first-order valence-corrected chi connectivity index (χ1v) is 11.8. The predicted molar refractivity (Wildman–Crippen MR) is 121 cm³/mol. The molecule has 0 unspecified atom stereocenters. The van der Waals surface area contributed by atoms with Crippen molar-refractivity contribution in [2.24, 2.45) is 5.92 Å². The Balaban J connectivity index is 1.69. The second-order valence-corrected chi connectivity index (χ2v) is 9.59. The van der Waals surface area contributed by atoms with Crippen LogP contribution in [-0.4, -0.2) is 57.7 Å². The van der Waals surface area contributed by atoms with Gasteiger partial charge >= 0.3 is 5.97 Å². The highest BCUT2D eigenvalue weighted by molar-refractivity contribution is 7.89. The Morgan fingerprint density at radius 3 is 2.33 bits per heavy atom. The zero-order valence-electron chi connectivity index (χ0n) is 18.7. The molecule has 9 nitrogen and oxygen atoms in total. The molecule has 176 valence electrons. The molecular weight excluding hydrogens is 448 g/mol. The zero-order chi connectivity index (χ0) is 24.2. The van der Waals surface area contributed by atoms with E-state index in [1.165, 1.54) is 49.7 Å². The Morgan fingerprint density at radius 2 is 1.73 bits per heavy atom. The lowest BCUT2D eigenvalue weighted by molar-refractivity contribution is -0.120. The number of ether oxygens (including phenoxy) is 2. The van der Waals surface area contributed by atoms with Crippen LogP contribution in [0.4, 0.5) is 5.69 Å². The fourth-order valence-electron chi connectivity index (χ4n) is 3.66. The zero-order valence-corrected chi connectivity index (χ0v) is 19.5. The van der Waals surface area contributed by atoms with Crippen LogP contribution in [0.2, 0.25) is 0 Å². The highest BCUT2D eigenvalue weighted by Crippen LogP contribution is 2.27. The van der Waals surface area contributed by atoms with Crippen LogP contribution < -0.4 is 10.1 Å². The molecule has 1 amide bonds. The minimum absolute atomic E-state index is 0.0547. The van der Waals surface area contributed by atoms with Crippen LogP contribution in [0.3, 0.4) is 0 Å². The smallest absolute Gasteiger partial charge is 0.340 e. The van der Waals surface area contributed by atoms with Crippen molar-refractivity contribution in [2.45, 2.75) is 24.7 Å². The summed E-state index contributed by atoms with van der Waals surface area (Å²) in [5.74, 6) is -1.11. The summed E-state index contributed by atoms with van der Waals surface area (Å²) in [6.45, 7) is 1.71. The van der Waals surface area contributed by atoms with Gasteiger partial charge in [0.25, 0.3) is 0 Å². The quantitative estimate of drug-likeness (QED) is 0.484. The number of nitrogens with zero attached hydrogens (tertiary/aromatic N) is 1. The number of esters is 1. The second kappa shape index (κ2) is 10.1. The number of hydrogen-bond acceptors (Lipinski definition) is 7. The highest BCUT2D eigenvalue weighted by atomic mass is 32.2. The molecular formula is C23H26N2O7S. The molecule has 1 N–H and O–H groups in total. The topological polar surface area (TPSA) is 119 Å². The van der Waals surface area contributed by atoms with Gasteiger partial charge in [-0.25, -0.2) is 13.2 Å². The number of methoxy groups -OCH3 is 2. The van der Waals surface area contributed by atoms with Crippen molar-refractivity contribution in [3.8, 4) is 5.75 Å². The summed E-state index contributed by atoms with van der Waals surface area (Å²) in [6, 6.07) is 10.6. The lowest BCUT2D eigenvalue weighted by atomic mass is 9.97. The van der Waals surface area contributed by atoms with E-state index < -0.39 is 21.9 Å². The summed E-state index contributed by atoms with van der Waals surface area (Å²) in [4.78, 5) is 36.6. The van der Waals surface area contributed by atoms with Crippen LogP contribution >= 0.6 is 0 Å². The van der Waals surface area contributed by atoms with Crippen LogP contribution in [0.5, 0.6) is 5.75 Å². The molecule has 0 saturated carbocycles. The van der Waals surface area contributed by atoms with Gasteiger partial charge in [-0.05, 0) is 50.1 Å². The number of ketones is 1. The van der Waals surface area contributed by atoms with Gasteiger partial charge in [-0.15, -0.1) is 0 Å². The molecule has 1 aliphatic rings. The third-order valence-corrected chi connectivity index (χ3v) is 7.49. The minimum Gasteiger partial charge on any atom is -0.497 e. The van der Waals surface area contributed by atoms with Crippen molar-refractivity contribution in [1.29, 1.82) is 0 Å². The van der Waals surface area contributed by atoms with E-state index in [1.807, 2.05) is 0 Å². The Bertz CT molecular complexity index is 1170. The molecule has 0 aromatic heterocycles. The van der Waals surface area contributed by atoms with Crippen molar-refractivity contribution in [3.05, 3.63) is 53.6 Å². The molecule has 0 spiro atoms. The van der Waals surface area contributed by atoms with E-state index in [0.717, 1.165) is 0 Å². The standard InChI is InChI=1S/C23H26N2O7S/c1-15(26)17-5-4-6-19(13-17)33(29,30)25-11-9-16(10-12-25)22(27)24-21-8-7-18(31-2)14-20(21)23(28)32-3/h4-8,13-14,16H,9-12H2,1-3H3,(H,24,27).